The van der Waals surface area contributed by atoms with Gasteiger partial charge >= 0.3 is 5.97 Å². The Morgan fingerprint density at radius 1 is 1.24 bits per heavy atom. The first-order chi connectivity index (χ1) is 10.2. The van der Waals surface area contributed by atoms with E-state index in [1.165, 1.54) is 24.8 Å². The van der Waals surface area contributed by atoms with Crippen molar-refractivity contribution in [2.75, 3.05) is 13.7 Å². The lowest BCUT2D eigenvalue weighted by molar-refractivity contribution is 0.0600. The van der Waals surface area contributed by atoms with Gasteiger partial charge in [-0.05, 0) is 47.4 Å². The molecule has 1 N–H and O–H groups in total. The maximum Gasteiger partial charge on any atom is 0.337 e. The number of fused-ring (bicyclic) bond motifs is 1. The summed E-state index contributed by atoms with van der Waals surface area (Å²) in [4.78, 5) is 11.7. The summed E-state index contributed by atoms with van der Waals surface area (Å²) in [7, 11) is 1.37. The minimum absolute atomic E-state index is 0.0287. The minimum Gasteiger partial charge on any atom is -0.465 e. The molecule has 2 aromatic carbocycles. The fraction of sp³-hybridized carbons (Fsp3) is 0.235. The van der Waals surface area contributed by atoms with Crippen molar-refractivity contribution in [3.8, 4) is 0 Å². The molecule has 0 spiro atoms. The van der Waals surface area contributed by atoms with E-state index in [0.717, 1.165) is 24.1 Å². The van der Waals surface area contributed by atoms with E-state index in [-0.39, 0.29) is 17.8 Å². The average Bonchev–Trinajstić information content (AvgIpc) is 2.54. The number of hydrogen-bond donors (Lipinski definition) is 1. The highest BCUT2D eigenvalue weighted by Gasteiger charge is 2.22. The van der Waals surface area contributed by atoms with Gasteiger partial charge in [-0.3, -0.25) is 0 Å². The van der Waals surface area contributed by atoms with Gasteiger partial charge < -0.3 is 10.1 Å². The van der Waals surface area contributed by atoms with Crippen LogP contribution in [0, 0.1) is 5.82 Å². The van der Waals surface area contributed by atoms with Crippen LogP contribution in [0.25, 0.3) is 0 Å². The molecule has 1 aliphatic rings. The van der Waals surface area contributed by atoms with Gasteiger partial charge in [-0.15, -0.1) is 0 Å². The highest BCUT2D eigenvalue weighted by molar-refractivity contribution is 5.89. The summed E-state index contributed by atoms with van der Waals surface area (Å²) in [5, 5.41) is 3.42. The van der Waals surface area contributed by atoms with Gasteiger partial charge in [0, 0.05) is 6.54 Å². The number of halogens is 1. The summed E-state index contributed by atoms with van der Waals surface area (Å²) in [6.45, 7) is 0.854. The molecule has 0 saturated heterocycles. The van der Waals surface area contributed by atoms with Gasteiger partial charge in [0.15, 0.2) is 0 Å². The Labute approximate surface area is 122 Å². The van der Waals surface area contributed by atoms with Crippen LogP contribution in [0.3, 0.4) is 0 Å². The Balaban J connectivity index is 2.03. The van der Waals surface area contributed by atoms with Crippen molar-refractivity contribution < 1.29 is 13.9 Å². The second-order valence-electron chi connectivity index (χ2n) is 5.09. The van der Waals surface area contributed by atoms with Gasteiger partial charge in [0.05, 0.1) is 18.7 Å². The number of ether oxygens (including phenoxy) is 1. The molecule has 2 aromatic rings. The van der Waals surface area contributed by atoms with Crippen LogP contribution >= 0.6 is 0 Å². The summed E-state index contributed by atoms with van der Waals surface area (Å²) < 4.78 is 17.9. The van der Waals surface area contributed by atoms with Crippen LogP contribution in [-0.2, 0) is 11.2 Å². The highest BCUT2D eigenvalue weighted by Crippen LogP contribution is 2.29. The summed E-state index contributed by atoms with van der Waals surface area (Å²) in [6, 6.07) is 12.0. The molecule has 0 saturated carbocycles. The Morgan fingerprint density at radius 3 is 2.71 bits per heavy atom. The van der Waals surface area contributed by atoms with Crippen molar-refractivity contribution in [3.05, 3.63) is 70.5 Å². The highest BCUT2D eigenvalue weighted by atomic mass is 19.1. The molecular weight excluding hydrogens is 269 g/mol. The van der Waals surface area contributed by atoms with Crippen LogP contribution in [0.2, 0.25) is 0 Å². The molecule has 0 bridgehead atoms. The topological polar surface area (TPSA) is 38.3 Å². The zero-order chi connectivity index (χ0) is 14.8. The SMILES string of the molecule is COC(=O)c1ccc2c(c1)C(c1ccc(F)cc1)NCC2. The number of nitrogens with one attached hydrogen (secondary N) is 1. The van der Waals surface area contributed by atoms with Gasteiger partial charge in [0.1, 0.15) is 5.82 Å². The molecule has 1 unspecified atom stereocenters. The minimum atomic E-state index is -0.346. The molecule has 21 heavy (non-hydrogen) atoms. The Morgan fingerprint density at radius 2 is 2.00 bits per heavy atom. The van der Waals surface area contributed by atoms with Crippen molar-refractivity contribution in [1.29, 1.82) is 0 Å². The maximum atomic E-state index is 13.1. The summed E-state index contributed by atoms with van der Waals surface area (Å²) in [5.74, 6) is -0.598. The lowest BCUT2D eigenvalue weighted by Crippen LogP contribution is -2.30. The van der Waals surface area contributed by atoms with Crippen molar-refractivity contribution in [2.24, 2.45) is 0 Å². The first kappa shape index (κ1) is 13.8. The second-order valence-corrected chi connectivity index (χ2v) is 5.09. The zero-order valence-electron chi connectivity index (χ0n) is 11.7. The van der Waals surface area contributed by atoms with E-state index in [9.17, 15) is 9.18 Å². The van der Waals surface area contributed by atoms with Gasteiger partial charge in [0.25, 0.3) is 0 Å². The number of benzene rings is 2. The monoisotopic (exact) mass is 285 g/mol. The van der Waals surface area contributed by atoms with Crippen LogP contribution in [-0.4, -0.2) is 19.6 Å². The van der Waals surface area contributed by atoms with Crippen molar-refractivity contribution in [2.45, 2.75) is 12.5 Å². The molecule has 1 aliphatic heterocycles. The molecule has 1 heterocycles. The number of carbonyl (C=O) groups excluding carboxylic acids is 1. The van der Waals surface area contributed by atoms with Crippen LogP contribution in [0.5, 0.6) is 0 Å². The molecule has 3 nitrogen and oxygen atoms in total. The third-order valence-electron chi connectivity index (χ3n) is 3.82. The number of rotatable bonds is 2. The summed E-state index contributed by atoms with van der Waals surface area (Å²) in [6.07, 6.45) is 0.911. The van der Waals surface area contributed by atoms with Crippen LogP contribution in [0.15, 0.2) is 42.5 Å². The Kier molecular flexibility index (Phi) is 3.71. The second kappa shape index (κ2) is 5.66. The fourth-order valence-electron chi connectivity index (χ4n) is 2.75. The molecular formula is C17H16FNO2. The smallest absolute Gasteiger partial charge is 0.337 e. The molecule has 0 aliphatic carbocycles. The fourth-order valence-corrected chi connectivity index (χ4v) is 2.75. The van der Waals surface area contributed by atoms with E-state index < -0.39 is 0 Å². The van der Waals surface area contributed by atoms with E-state index in [2.05, 4.69) is 5.32 Å². The zero-order valence-corrected chi connectivity index (χ0v) is 11.7. The van der Waals surface area contributed by atoms with Crippen molar-refractivity contribution in [3.63, 3.8) is 0 Å². The standard InChI is InChI=1S/C17H16FNO2/c1-21-17(20)13-3-2-11-8-9-19-16(15(11)10-13)12-4-6-14(18)7-5-12/h2-7,10,16,19H,8-9H2,1H3. The molecule has 0 amide bonds. The normalized spacial score (nSPS) is 17.1. The van der Waals surface area contributed by atoms with E-state index in [1.807, 2.05) is 12.1 Å². The molecule has 0 radical (unpaired) electrons. The number of esters is 1. The first-order valence-electron chi connectivity index (χ1n) is 6.89. The maximum absolute atomic E-state index is 13.1. The quantitative estimate of drug-likeness (QED) is 0.862. The molecule has 1 atom stereocenters. The lowest BCUT2D eigenvalue weighted by atomic mass is 9.88. The number of hydrogen-bond acceptors (Lipinski definition) is 3. The van der Waals surface area contributed by atoms with E-state index in [1.54, 1.807) is 18.2 Å². The first-order valence-corrected chi connectivity index (χ1v) is 6.89. The predicted octanol–water partition coefficient (Wildman–Crippen LogP) is 2.85. The number of carbonyl (C=O) groups is 1. The van der Waals surface area contributed by atoms with E-state index in [0.29, 0.717) is 5.56 Å². The molecule has 0 fully saturated rings. The van der Waals surface area contributed by atoms with Gasteiger partial charge in [-0.1, -0.05) is 18.2 Å². The summed E-state index contributed by atoms with van der Waals surface area (Å²) >= 11 is 0. The van der Waals surface area contributed by atoms with Crippen molar-refractivity contribution in [1.82, 2.24) is 5.32 Å². The van der Waals surface area contributed by atoms with Gasteiger partial charge in [-0.2, -0.15) is 0 Å². The van der Waals surface area contributed by atoms with Gasteiger partial charge in [0.2, 0.25) is 0 Å². The number of methoxy groups -OCH3 is 1. The van der Waals surface area contributed by atoms with Crippen LogP contribution in [0.1, 0.15) is 33.1 Å². The third-order valence-corrected chi connectivity index (χ3v) is 3.82. The van der Waals surface area contributed by atoms with E-state index in [4.69, 9.17) is 4.74 Å². The van der Waals surface area contributed by atoms with E-state index >= 15 is 0 Å². The lowest BCUT2D eigenvalue weighted by Gasteiger charge is -2.27. The average molecular weight is 285 g/mol. The molecule has 3 rings (SSSR count). The van der Waals surface area contributed by atoms with Crippen LogP contribution < -0.4 is 5.32 Å². The Bertz CT molecular complexity index is 667. The Hall–Kier alpha value is -2.20. The van der Waals surface area contributed by atoms with Crippen molar-refractivity contribution >= 4 is 5.97 Å². The largest absolute Gasteiger partial charge is 0.465 e. The molecule has 108 valence electrons. The third kappa shape index (κ3) is 2.67. The molecule has 4 heteroatoms. The molecule has 0 aromatic heterocycles. The summed E-state index contributed by atoms with van der Waals surface area (Å²) in [5.41, 5.74) is 3.78. The van der Waals surface area contributed by atoms with Crippen LogP contribution in [0.4, 0.5) is 4.39 Å². The predicted molar refractivity (Wildman–Crippen MR) is 77.7 cm³/mol. The van der Waals surface area contributed by atoms with Gasteiger partial charge in [-0.25, -0.2) is 9.18 Å².